The molecule has 0 atom stereocenters. The zero-order chi connectivity index (χ0) is 9.14. The smallest absolute Gasteiger partial charge is 0.0965 e. The Balaban J connectivity index is 3.17. The topological polar surface area (TPSA) is 38.4 Å². The molecule has 0 amide bonds. The Bertz CT molecular complexity index is 319. The van der Waals surface area contributed by atoms with E-state index in [-0.39, 0.29) is 0 Å². The van der Waals surface area contributed by atoms with Crippen LogP contribution in [0.1, 0.15) is 6.92 Å². The van der Waals surface area contributed by atoms with Gasteiger partial charge in [-0.1, -0.05) is 17.7 Å². The maximum absolute atomic E-state index is 5.93. The Hall–Kier alpha value is -0.540. The van der Waals surface area contributed by atoms with E-state index in [1.54, 1.807) is 6.92 Å². The van der Waals surface area contributed by atoms with E-state index in [2.05, 4.69) is 20.9 Å². The molecule has 0 aliphatic carbocycles. The van der Waals surface area contributed by atoms with Gasteiger partial charge < -0.3 is 5.73 Å². The highest BCUT2D eigenvalue weighted by Gasteiger charge is 2.01. The monoisotopic (exact) mass is 246 g/mol. The van der Waals surface area contributed by atoms with Crippen molar-refractivity contribution in [1.82, 2.24) is 0 Å². The predicted octanol–water partition coefficient (Wildman–Crippen LogP) is 3.11. The van der Waals surface area contributed by atoms with E-state index in [9.17, 15) is 0 Å². The molecule has 0 aliphatic heterocycles. The first-order valence-electron chi connectivity index (χ1n) is 3.36. The lowest BCUT2D eigenvalue weighted by Crippen LogP contribution is -2.03. The maximum atomic E-state index is 5.93. The van der Waals surface area contributed by atoms with Crippen molar-refractivity contribution in [3.05, 3.63) is 27.7 Å². The first kappa shape index (κ1) is 9.55. The highest BCUT2D eigenvalue weighted by molar-refractivity contribution is 9.10. The van der Waals surface area contributed by atoms with Gasteiger partial charge in [-0.2, -0.15) is 0 Å². The second kappa shape index (κ2) is 3.92. The van der Waals surface area contributed by atoms with E-state index in [0.717, 1.165) is 4.47 Å². The van der Waals surface area contributed by atoms with Gasteiger partial charge >= 0.3 is 0 Å². The van der Waals surface area contributed by atoms with E-state index in [0.29, 0.717) is 16.5 Å². The Morgan fingerprint density at radius 3 is 2.83 bits per heavy atom. The fourth-order valence-corrected chi connectivity index (χ4v) is 1.29. The van der Waals surface area contributed by atoms with Gasteiger partial charge in [-0.05, 0) is 35.0 Å². The molecule has 1 rings (SSSR count). The van der Waals surface area contributed by atoms with Gasteiger partial charge in [-0.25, -0.2) is 4.99 Å². The third-order valence-electron chi connectivity index (χ3n) is 1.23. The van der Waals surface area contributed by atoms with E-state index in [4.69, 9.17) is 17.3 Å². The molecule has 64 valence electrons. The Labute approximate surface area is 84.6 Å². The number of hydrogen-bond acceptors (Lipinski definition) is 1. The number of aliphatic imine (C=N–C) groups is 1. The van der Waals surface area contributed by atoms with Gasteiger partial charge in [-0.3, -0.25) is 0 Å². The lowest BCUT2D eigenvalue weighted by molar-refractivity contribution is 1.44. The van der Waals surface area contributed by atoms with Gasteiger partial charge in [0, 0.05) is 4.47 Å². The van der Waals surface area contributed by atoms with Crippen molar-refractivity contribution in [2.45, 2.75) is 6.92 Å². The van der Waals surface area contributed by atoms with Crippen molar-refractivity contribution in [3.8, 4) is 0 Å². The third-order valence-corrected chi connectivity index (χ3v) is 2.51. The standard InChI is InChI=1S/C8H8BrClN2/c1-5(11)12-7-4-2-3-6(9)8(7)10/h2-4H,1H3,(H2,11,12). The van der Waals surface area contributed by atoms with Crippen LogP contribution in [0.4, 0.5) is 5.69 Å². The molecule has 0 fully saturated rings. The Morgan fingerprint density at radius 2 is 2.25 bits per heavy atom. The van der Waals surface area contributed by atoms with Crippen LogP contribution in [0.3, 0.4) is 0 Å². The normalized spacial score (nSPS) is 11.8. The van der Waals surface area contributed by atoms with Gasteiger partial charge in [-0.15, -0.1) is 0 Å². The summed E-state index contributed by atoms with van der Waals surface area (Å²) in [4.78, 5) is 4.05. The molecule has 0 radical (unpaired) electrons. The minimum absolute atomic E-state index is 0.495. The number of amidine groups is 1. The predicted molar refractivity (Wildman–Crippen MR) is 56.1 cm³/mol. The van der Waals surface area contributed by atoms with Crippen LogP contribution in [0.5, 0.6) is 0 Å². The SMILES string of the molecule is CC(N)=Nc1cccc(Br)c1Cl. The molecular formula is C8H8BrClN2. The molecule has 1 aromatic carbocycles. The lowest BCUT2D eigenvalue weighted by atomic mass is 10.3. The van der Waals surface area contributed by atoms with Crippen molar-refractivity contribution < 1.29 is 0 Å². The minimum Gasteiger partial charge on any atom is -0.387 e. The summed E-state index contributed by atoms with van der Waals surface area (Å²) in [6.07, 6.45) is 0. The van der Waals surface area contributed by atoms with Gasteiger partial charge in [0.25, 0.3) is 0 Å². The van der Waals surface area contributed by atoms with Crippen molar-refractivity contribution >= 4 is 39.1 Å². The van der Waals surface area contributed by atoms with Crippen LogP contribution < -0.4 is 5.73 Å². The van der Waals surface area contributed by atoms with Gasteiger partial charge in [0.1, 0.15) is 0 Å². The molecule has 2 N–H and O–H groups in total. The second-order valence-electron chi connectivity index (χ2n) is 2.33. The number of halogens is 2. The Morgan fingerprint density at radius 1 is 1.58 bits per heavy atom. The average Bonchev–Trinajstić information content (AvgIpc) is 1.98. The van der Waals surface area contributed by atoms with Crippen LogP contribution in [0, 0.1) is 0 Å². The van der Waals surface area contributed by atoms with Crippen molar-refractivity contribution in [3.63, 3.8) is 0 Å². The molecule has 2 nitrogen and oxygen atoms in total. The average molecular weight is 248 g/mol. The molecule has 1 aromatic rings. The fourth-order valence-electron chi connectivity index (χ4n) is 0.769. The largest absolute Gasteiger partial charge is 0.387 e. The number of nitrogens with zero attached hydrogens (tertiary/aromatic N) is 1. The fraction of sp³-hybridized carbons (Fsp3) is 0.125. The summed E-state index contributed by atoms with van der Waals surface area (Å²) in [6, 6.07) is 5.52. The van der Waals surface area contributed by atoms with Gasteiger partial charge in [0.15, 0.2) is 0 Å². The summed E-state index contributed by atoms with van der Waals surface area (Å²) in [7, 11) is 0. The van der Waals surface area contributed by atoms with Crippen molar-refractivity contribution in [2.24, 2.45) is 10.7 Å². The highest BCUT2D eigenvalue weighted by atomic mass is 79.9. The molecule has 4 heteroatoms. The first-order chi connectivity index (χ1) is 5.61. The summed E-state index contributed by atoms with van der Waals surface area (Å²) < 4.78 is 0.826. The molecule has 0 aromatic heterocycles. The van der Waals surface area contributed by atoms with Crippen molar-refractivity contribution in [2.75, 3.05) is 0 Å². The first-order valence-corrected chi connectivity index (χ1v) is 4.53. The zero-order valence-electron chi connectivity index (χ0n) is 6.51. The molecule has 0 aliphatic rings. The second-order valence-corrected chi connectivity index (χ2v) is 3.56. The van der Waals surface area contributed by atoms with Gasteiger partial charge in [0.05, 0.1) is 16.5 Å². The molecule has 0 unspecified atom stereocenters. The van der Waals surface area contributed by atoms with E-state index < -0.39 is 0 Å². The minimum atomic E-state index is 0.495. The van der Waals surface area contributed by atoms with E-state index in [1.807, 2.05) is 18.2 Å². The molecular weight excluding hydrogens is 239 g/mol. The lowest BCUT2D eigenvalue weighted by Gasteiger charge is -1.99. The van der Waals surface area contributed by atoms with Crippen LogP contribution in [-0.4, -0.2) is 5.84 Å². The summed E-state index contributed by atoms with van der Waals surface area (Å²) in [6.45, 7) is 1.72. The molecule has 0 saturated carbocycles. The van der Waals surface area contributed by atoms with Crippen LogP contribution in [0.2, 0.25) is 5.02 Å². The number of hydrogen-bond donors (Lipinski definition) is 1. The Kier molecular flexibility index (Phi) is 3.12. The van der Waals surface area contributed by atoms with E-state index in [1.165, 1.54) is 0 Å². The molecule has 0 bridgehead atoms. The quantitative estimate of drug-likeness (QED) is 0.601. The van der Waals surface area contributed by atoms with Gasteiger partial charge in [0.2, 0.25) is 0 Å². The van der Waals surface area contributed by atoms with Crippen LogP contribution >= 0.6 is 27.5 Å². The number of nitrogens with two attached hydrogens (primary N) is 1. The summed E-state index contributed by atoms with van der Waals surface area (Å²) in [5.41, 5.74) is 6.11. The van der Waals surface area contributed by atoms with E-state index >= 15 is 0 Å². The van der Waals surface area contributed by atoms with Crippen LogP contribution in [0.15, 0.2) is 27.7 Å². The molecule has 0 spiro atoms. The van der Waals surface area contributed by atoms with Crippen LogP contribution in [0.25, 0.3) is 0 Å². The third kappa shape index (κ3) is 2.22. The van der Waals surface area contributed by atoms with Crippen LogP contribution in [-0.2, 0) is 0 Å². The molecule has 0 heterocycles. The maximum Gasteiger partial charge on any atom is 0.0965 e. The zero-order valence-corrected chi connectivity index (χ0v) is 8.85. The van der Waals surface area contributed by atoms with Crippen molar-refractivity contribution in [1.29, 1.82) is 0 Å². The summed E-state index contributed by atoms with van der Waals surface area (Å²) in [5.74, 6) is 0.495. The molecule has 12 heavy (non-hydrogen) atoms. The summed E-state index contributed by atoms with van der Waals surface area (Å²) in [5, 5.41) is 0.585. The number of rotatable bonds is 1. The number of benzene rings is 1. The highest BCUT2D eigenvalue weighted by Crippen LogP contribution is 2.31. The summed E-state index contributed by atoms with van der Waals surface area (Å²) >= 11 is 9.22. The molecule has 0 saturated heterocycles.